The number of nitrogens with one attached hydrogen (secondary N) is 1. The molecule has 4 rings (SSSR count). The van der Waals surface area contributed by atoms with Crippen LogP contribution in [-0.4, -0.2) is 88.6 Å². The first-order valence-corrected chi connectivity index (χ1v) is 16.9. The number of ether oxygens (including phenoxy) is 2. The fraction of sp³-hybridized carbons (Fsp3) is 0.611. The molecule has 1 aromatic rings. The molecule has 2 bridgehead atoms. The van der Waals surface area contributed by atoms with E-state index in [4.69, 9.17) is 9.47 Å². The van der Waals surface area contributed by atoms with Gasteiger partial charge in [0.1, 0.15) is 17.7 Å². The number of rotatable bonds is 19. The number of amides is 3. The highest BCUT2D eigenvalue weighted by molar-refractivity contribution is 5.98. The SMILES string of the molecule is C=CCCC(=O)N[C@H](C)[C@@H](OC(=O)[C@@H]1[C@@H]2CC[C@]3(O2)[C@H](C(=O)N(CC=C)CCCCC)N(CCCCO)C(=O)[C@@H]13)c1ccccc1. The lowest BCUT2D eigenvalue weighted by atomic mass is 9.70. The summed E-state index contributed by atoms with van der Waals surface area (Å²) in [4.78, 5) is 58.7. The van der Waals surface area contributed by atoms with Crippen molar-refractivity contribution in [3.63, 3.8) is 0 Å². The zero-order chi connectivity index (χ0) is 33.3. The van der Waals surface area contributed by atoms with Gasteiger partial charge in [0.15, 0.2) is 0 Å². The quantitative estimate of drug-likeness (QED) is 0.133. The first-order chi connectivity index (χ1) is 22.2. The van der Waals surface area contributed by atoms with Gasteiger partial charge in [-0.15, -0.1) is 13.2 Å². The van der Waals surface area contributed by atoms with Crippen molar-refractivity contribution < 1.29 is 33.8 Å². The predicted octanol–water partition coefficient (Wildman–Crippen LogP) is 4.09. The maximum absolute atomic E-state index is 14.3. The third kappa shape index (κ3) is 7.39. The number of aliphatic hydroxyl groups is 1. The molecule has 0 unspecified atom stereocenters. The number of unbranched alkanes of at least 4 members (excludes halogenated alkanes) is 3. The van der Waals surface area contributed by atoms with Gasteiger partial charge >= 0.3 is 5.97 Å². The Kier molecular flexibility index (Phi) is 12.6. The molecule has 7 atom stereocenters. The monoisotopic (exact) mass is 637 g/mol. The van der Waals surface area contributed by atoms with Crippen molar-refractivity contribution in [1.29, 1.82) is 0 Å². The topological polar surface area (TPSA) is 125 Å². The molecule has 10 nitrogen and oxygen atoms in total. The van der Waals surface area contributed by atoms with Gasteiger partial charge in [-0.3, -0.25) is 19.2 Å². The number of carbonyl (C=O) groups is 4. The van der Waals surface area contributed by atoms with Crippen LogP contribution in [0.4, 0.5) is 0 Å². The number of esters is 1. The lowest BCUT2D eigenvalue weighted by molar-refractivity contribution is -0.162. The summed E-state index contributed by atoms with van der Waals surface area (Å²) in [6.07, 6.45) is 7.64. The Morgan fingerprint density at radius 2 is 1.93 bits per heavy atom. The number of likely N-dealkylation sites (tertiary alicyclic amines) is 1. The molecule has 3 aliphatic heterocycles. The van der Waals surface area contributed by atoms with Crippen LogP contribution in [-0.2, 0) is 28.7 Å². The number of fused-ring (bicyclic) bond motifs is 1. The Balaban J connectivity index is 1.63. The van der Waals surface area contributed by atoms with E-state index in [1.165, 1.54) is 0 Å². The van der Waals surface area contributed by atoms with Crippen LogP contribution in [0.5, 0.6) is 0 Å². The zero-order valence-corrected chi connectivity index (χ0v) is 27.4. The molecule has 0 aliphatic carbocycles. The van der Waals surface area contributed by atoms with E-state index in [1.807, 2.05) is 30.3 Å². The minimum Gasteiger partial charge on any atom is -0.455 e. The van der Waals surface area contributed by atoms with E-state index >= 15 is 0 Å². The molecule has 3 saturated heterocycles. The van der Waals surface area contributed by atoms with E-state index in [0.29, 0.717) is 45.2 Å². The lowest BCUT2D eigenvalue weighted by Crippen LogP contribution is -2.56. The molecule has 3 fully saturated rings. The molecule has 1 aromatic carbocycles. The first kappa shape index (κ1) is 35.4. The average Bonchev–Trinajstić information content (AvgIpc) is 3.69. The van der Waals surface area contributed by atoms with Gasteiger partial charge in [-0.25, -0.2) is 0 Å². The number of nitrogens with zero attached hydrogens (tertiary/aromatic N) is 2. The lowest BCUT2D eigenvalue weighted by Gasteiger charge is -2.37. The molecule has 0 aromatic heterocycles. The minimum atomic E-state index is -1.14. The van der Waals surface area contributed by atoms with Gasteiger partial charge in [-0.2, -0.15) is 0 Å². The smallest absolute Gasteiger partial charge is 0.313 e. The van der Waals surface area contributed by atoms with Gasteiger partial charge in [0.2, 0.25) is 17.7 Å². The van der Waals surface area contributed by atoms with Gasteiger partial charge in [-0.05, 0) is 51.0 Å². The maximum atomic E-state index is 14.3. The van der Waals surface area contributed by atoms with Crippen LogP contribution in [0.2, 0.25) is 0 Å². The molecule has 0 saturated carbocycles. The van der Waals surface area contributed by atoms with Crippen LogP contribution in [0.3, 0.4) is 0 Å². The van der Waals surface area contributed by atoms with Crippen LogP contribution < -0.4 is 5.32 Å². The summed E-state index contributed by atoms with van der Waals surface area (Å²) in [6, 6.07) is 7.81. The summed E-state index contributed by atoms with van der Waals surface area (Å²) in [6.45, 7) is 12.6. The van der Waals surface area contributed by atoms with Crippen molar-refractivity contribution in [2.45, 2.75) is 102 Å². The van der Waals surface area contributed by atoms with Gasteiger partial charge in [0, 0.05) is 32.7 Å². The minimum absolute atomic E-state index is 0.0223. The summed E-state index contributed by atoms with van der Waals surface area (Å²) < 4.78 is 12.8. The van der Waals surface area contributed by atoms with Crippen LogP contribution >= 0.6 is 0 Å². The predicted molar refractivity (Wildman–Crippen MR) is 174 cm³/mol. The summed E-state index contributed by atoms with van der Waals surface area (Å²) in [7, 11) is 0. The number of hydrogen-bond donors (Lipinski definition) is 2. The van der Waals surface area contributed by atoms with Crippen molar-refractivity contribution >= 4 is 23.7 Å². The van der Waals surface area contributed by atoms with Crippen molar-refractivity contribution in [3.05, 3.63) is 61.2 Å². The molecule has 3 amide bonds. The second-order valence-corrected chi connectivity index (χ2v) is 12.8. The molecule has 252 valence electrons. The molecule has 2 N–H and O–H groups in total. The fourth-order valence-electron chi connectivity index (χ4n) is 7.45. The molecule has 0 radical (unpaired) electrons. The Morgan fingerprint density at radius 3 is 2.61 bits per heavy atom. The summed E-state index contributed by atoms with van der Waals surface area (Å²) in [5.41, 5.74) is -0.423. The molecular weight excluding hydrogens is 586 g/mol. The van der Waals surface area contributed by atoms with Gasteiger partial charge < -0.3 is 29.7 Å². The standard InChI is InChI=1S/C36H51N3O7/c1-5-8-13-22-38(21-7-3)34(43)32-36-20-19-27(46-36)29(30(36)33(42)39(32)23-14-15-24-40)35(44)45-31(26-16-11-10-12-17-26)25(4)37-28(41)18-9-6-2/h6-7,10-12,16-17,25,27,29-32,40H,2-3,5,8-9,13-15,18-24H2,1,4H3,(H,37,41)/t25-,27+,29-,30-,31-,32+,36-/m1/s1. The largest absolute Gasteiger partial charge is 0.455 e. The van der Waals surface area contributed by atoms with Crippen molar-refractivity contribution in [3.8, 4) is 0 Å². The zero-order valence-electron chi connectivity index (χ0n) is 27.4. The Hall–Kier alpha value is -3.50. The van der Waals surface area contributed by atoms with E-state index in [0.717, 1.165) is 24.8 Å². The Morgan fingerprint density at radius 1 is 1.17 bits per heavy atom. The number of carbonyl (C=O) groups excluding carboxylic acids is 4. The second-order valence-electron chi connectivity index (χ2n) is 12.8. The maximum Gasteiger partial charge on any atom is 0.313 e. The van der Waals surface area contributed by atoms with E-state index in [-0.39, 0.29) is 37.3 Å². The molecule has 10 heteroatoms. The number of aliphatic hydroxyl groups excluding tert-OH is 1. The van der Waals surface area contributed by atoms with Gasteiger partial charge in [-0.1, -0.05) is 62.2 Å². The van der Waals surface area contributed by atoms with E-state index in [2.05, 4.69) is 25.4 Å². The van der Waals surface area contributed by atoms with Crippen molar-refractivity contribution in [2.75, 3.05) is 26.2 Å². The van der Waals surface area contributed by atoms with Crippen LogP contribution in [0.15, 0.2) is 55.6 Å². The van der Waals surface area contributed by atoms with E-state index in [1.54, 1.807) is 28.9 Å². The Bertz CT molecular complexity index is 1240. The van der Waals surface area contributed by atoms with Crippen LogP contribution in [0, 0.1) is 11.8 Å². The second kappa shape index (κ2) is 16.4. The molecule has 3 aliphatic rings. The molecule has 46 heavy (non-hydrogen) atoms. The summed E-state index contributed by atoms with van der Waals surface area (Å²) >= 11 is 0. The highest BCUT2D eigenvalue weighted by Crippen LogP contribution is 2.59. The van der Waals surface area contributed by atoms with E-state index in [9.17, 15) is 24.3 Å². The van der Waals surface area contributed by atoms with E-state index < -0.39 is 47.7 Å². The molecule has 3 heterocycles. The normalized spacial score (nSPS) is 25.9. The Labute approximate surface area is 273 Å². The third-order valence-electron chi connectivity index (χ3n) is 9.60. The number of allylic oxidation sites excluding steroid dienone is 1. The number of benzene rings is 1. The highest BCUT2D eigenvalue weighted by atomic mass is 16.6. The van der Waals surface area contributed by atoms with Crippen LogP contribution in [0.25, 0.3) is 0 Å². The fourth-order valence-corrected chi connectivity index (χ4v) is 7.45. The van der Waals surface area contributed by atoms with Gasteiger partial charge in [0.05, 0.1) is 24.0 Å². The highest BCUT2D eigenvalue weighted by Gasteiger charge is 2.75. The average molecular weight is 638 g/mol. The van der Waals surface area contributed by atoms with Crippen LogP contribution in [0.1, 0.15) is 83.3 Å². The molecular formula is C36H51N3O7. The summed E-state index contributed by atoms with van der Waals surface area (Å²) in [5.74, 6) is -2.97. The van der Waals surface area contributed by atoms with Crippen molar-refractivity contribution in [2.24, 2.45) is 11.8 Å². The number of hydrogen-bond acceptors (Lipinski definition) is 7. The third-order valence-corrected chi connectivity index (χ3v) is 9.60. The van der Waals surface area contributed by atoms with Gasteiger partial charge in [0.25, 0.3) is 0 Å². The first-order valence-electron chi connectivity index (χ1n) is 16.9. The van der Waals surface area contributed by atoms with Crippen molar-refractivity contribution in [1.82, 2.24) is 15.1 Å². The summed E-state index contributed by atoms with van der Waals surface area (Å²) in [5, 5.41) is 12.4. The molecule has 1 spiro atoms.